The zero-order chi connectivity index (χ0) is 17.8. The van der Waals surface area contributed by atoms with Crippen molar-refractivity contribution in [2.24, 2.45) is 4.99 Å². The summed E-state index contributed by atoms with van der Waals surface area (Å²) < 4.78 is 29.2. The molecule has 3 rings (SSSR count). The van der Waals surface area contributed by atoms with Gasteiger partial charge in [-0.3, -0.25) is 0 Å². The molecule has 0 spiro atoms. The van der Waals surface area contributed by atoms with Crippen LogP contribution >= 0.6 is 23.6 Å². The van der Waals surface area contributed by atoms with Gasteiger partial charge in [0.15, 0.2) is 0 Å². The maximum Gasteiger partial charge on any atom is 0.134 e. The molecular weight excluding hydrogens is 356 g/mol. The molecule has 0 aliphatic rings. The predicted octanol–water partition coefficient (Wildman–Crippen LogP) is 7.05. The number of hydrogen-bond donors (Lipinski definition) is 0. The first kappa shape index (κ1) is 17.6. The Balaban J connectivity index is 1.98. The van der Waals surface area contributed by atoms with Crippen LogP contribution in [0.15, 0.2) is 53.5 Å². The molecule has 0 atom stereocenters. The second kappa shape index (κ2) is 7.79. The summed E-state index contributed by atoms with van der Waals surface area (Å²) in [5.74, 6) is -1.15. The zero-order valence-corrected chi connectivity index (χ0v) is 15.2. The molecule has 0 unspecified atom stereocenters. The van der Waals surface area contributed by atoms with Gasteiger partial charge in [-0.05, 0) is 66.2 Å². The van der Waals surface area contributed by atoms with E-state index in [4.69, 9.17) is 0 Å². The average molecular weight is 371 g/mol. The molecule has 0 bridgehead atoms. The molecule has 5 heteroatoms. The summed E-state index contributed by atoms with van der Waals surface area (Å²) in [4.78, 5) is 5.93. The number of hydrogen-bond acceptors (Lipinski definition) is 3. The second-order valence-corrected chi connectivity index (χ2v) is 6.93. The number of benzene rings is 2. The van der Waals surface area contributed by atoms with Gasteiger partial charge in [-0.1, -0.05) is 25.5 Å². The summed E-state index contributed by atoms with van der Waals surface area (Å²) in [6.45, 7) is 2.11. The molecular formula is C20H15F2NS2. The predicted molar refractivity (Wildman–Crippen MR) is 104 cm³/mol. The number of isothiocyanates is 1. The van der Waals surface area contributed by atoms with Crippen molar-refractivity contribution < 1.29 is 8.78 Å². The highest BCUT2D eigenvalue weighted by molar-refractivity contribution is 7.78. The summed E-state index contributed by atoms with van der Waals surface area (Å²) in [5, 5.41) is 2.26. The third kappa shape index (κ3) is 3.90. The highest BCUT2D eigenvalue weighted by Crippen LogP contribution is 2.34. The van der Waals surface area contributed by atoms with Crippen molar-refractivity contribution in [2.45, 2.75) is 19.8 Å². The van der Waals surface area contributed by atoms with Crippen LogP contribution in [0.1, 0.15) is 18.2 Å². The first-order chi connectivity index (χ1) is 12.1. The monoisotopic (exact) mass is 371 g/mol. The van der Waals surface area contributed by atoms with Gasteiger partial charge in [-0.15, -0.1) is 11.3 Å². The van der Waals surface area contributed by atoms with Gasteiger partial charge in [0.05, 0.1) is 16.4 Å². The lowest BCUT2D eigenvalue weighted by molar-refractivity contribution is 0.590. The highest BCUT2D eigenvalue weighted by atomic mass is 32.1. The molecule has 3 aromatic rings. The van der Waals surface area contributed by atoms with Crippen molar-refractivity contribution in [3.8, 4) is 21.6 Å². The van der Waals surface area contributed by atoms with E-state index < -0.39 is 11.6 Å². The van der Waals surface area contributed by atoms with Gasteiger partial charge in [0, 0.05) is 9.75 Å². The van der Waals surface area contributed by atoms with Crippen molar-refractivity contribution in [1.82, 2.24) is 0 Å². The number of aliphatic imine (C=N–C) groups is 1. The van der Waals surface area contributed by atoms with Gasteiger partial charge in [0.25, 0.3) is 0 Å². The maximum atomic E-state index is 14.6. The first-order valence-electron chi connectivity index (χ1n) is 7.88. The van der Waals surface area contributed by atoms with Gasteiger partial charge in [-0.25, -0.2) is 8.78 Å². The summed E-state index contributed by atoms with van der Waals surface area (Å²) in [5.41, 5.74) is 1.58. The molecule has 0 saturated heterocycles. The number of thiocarbonyl (C=S) groups is 1. The second-order valence-electron chi connectivity index (χ2n) is 5.58. The quantitative estimate of drug-likeness (QED) is 0.346. The van der Waals surface area contributed by atoms with E-state index in [0.717, 1.165) is 17.7 Å². The van der Waals surface area contributed by atoms with E-state index in [2.05, 4.69) is 29.3 Å². The lowest BCUT2D eigenvalue weighted by Gasteiger charge is -2.08. The first-order valence-corrected chi connectivity index (χ1v) is 9.11. The summed E-state index contributed by atoms with van der Waals surface area (Å²) in [7, 11) is 0. The van der Waals surface area contributed by atoms with Crippen molar-refractivity contribution in [3.05, 3.63) is 65.0 Å². The molecule has 2 aromatic carbocycles. The Morgan fingerprint density at radius 1 is 1.00 bits per heavy atom. The fraction of sp³-hybridized carbons (Fsp3) is 0.150. The Kier molecular flexibility index (Phi) is 5.49. The SMILES string of the molecule is CCCc1ccc(-c2cc(F)c(-c3ccc(N=C=S)cc3)c(F)c2)s1. The van der Waals surface area contributed by atoms with E-state index in [1.165, 1.54) is 17.0 Å². The van der Waals surface area contributed by atoms with Crippen LogP contribution in [0, 0.1) is 11.6 Å². The normalized spacial score (nSPS) is 10.5. The summed E-state index contributed by atoms with van der Waals surface area (Å²) >= 11 is 6.12. The Bertz CT molecular complexity index is 916. The molecule has 0 aliphatic heterocycles. The van der Waals surface area contributed by atoms with Crippen molar-refractivity contribution in [3.63, 3.8) is 0 Å². The Morgan fingerprint density at radius 2 is 1.68 bits per heavy atom. The third-order valence-electron chi connectivity index (χ3n) is 3.82. The van der Waals surface area contributed by atoms with Gasteiger partial charge >= 0.3 is 0 Å². The van der Waals surface area contributed by atoms with Gasteiger partial charge < -0.3 is 0 Å². The molecule has 25 heavy (non-hydrogen) atoms. The molecule has 0 amide bonds. The molecule has 1 aromatic heterocycles. The van der Waals surface area contributed by atoms with E-state index in [-0.39, 0.29) is 5.56 Å². The van der Waals surface area contributed by atoms with Crippen molar-refractivity contribution >= 4 is 34.4 Å². The molecule has 126 valence electrons. The molecule has 0 radical (unpaired) electrons. The third-order valence-corrected chi connectivity index (χ3v) is 5.10. The Morgan fingerprint density at radius 3 is 2.28 bits per heavy atom. The van der Waals surface area contributed by atoms with Crippen LogP contribution in [0.3, 0.4) is 0 Å². The van der Waals surface area contributed by atoms with Crippen LogP contribution < -0.4 is 0 Å². The maximum absolute atomic E-state index is 14.6. The van der Waals surface area contributed by atoms with Gasteiger partial charge in [0.1, 0.15) is 11.6 Å². The molecule has 1 nitrogen and oxygen atoms in total. The summed E-state index contributed by atoms with van der Waals surface area (Å²) in [6.07, 6.45) is 2.02. The minimum absolute atomic E-state index is 0.0352. The van der Waals surface area contributed by atoms with Crippen molar-refractivity contribution in [2.75, 3.05) is 0 Å². The number of thiophene rings is 1. The topological polar surface area (TPSA) is 12.4 Å². The van der Waals surface area contributed by atoms with Crippen LogP contribution in [0.4, 0.5) is 14.5 Å². The number of aryl methyl sites for hydroxylation is 1. The van der Waals surface area contributed by atoms with Crippen LogP contribution in [-0.4, -0.2) is 5.16 Å². The number of rotatable bonds is 5. The van der Waals surface area contributed by atoms with Crippen molar-refractivity contribution in [1.29, 1.82) is 0 Å². The van der Waals surface area contributed by atoms with Gasteiger partial charge in [0.2, 0.25) is 0 Å². The lowest BCUT2D eigenvalue weighted by Crippen LogP contribution is -1.91. The zero-order valence-electron chi connectivity index (χ0n) is 13.6. The standard InChI is InChI=1S/C20H15F2NS2/c1-2-3-16-8-9-19(25-16)14-10-17(21)20(18(22)11-14)13-4-6-15(7-5-13)23-12-24/h4-11H,2-3H2,1H3. The minimum Gasteiger partial charge on any atom is -0.206 e. The van der Waals surface area contributed by atoms with Crippen LogP contribution in [0.2, 0.25) is 0 Å². The molecule has 0 aliphatic carbocycles. The van der Waals surface area contributed by atoms with Crippen LogP contribution in [0.25, 0.3) is 21.6 Å². The van der Waals surface area contributed by atoms with Crippen LogP contribution in [-0.2, 0) is 6.42 Å². The minimum atomic E-state index is -0.577. The number of nitrogens with zero attached hydrogens (tertiary/aromatic N) is 1. The largest absolute Gasteiger partial charge is 0.206 e. The fourth-order valence-electron chi connectivity index (χ4n) is 2.66. The van der Waals surface area contributed by atoms with E-state index in [9.17, 15) is 8.78 Å². The van der Waals surface area contributed by atoms with Gasteiger partial charge in [-0.2, -0.15) is 4.99 Å². The smallest absolute Gasteiger partial charge is 0.134 e. The fourth-order valence-corrected chi connectivity index (χ4v) is 3.86. The summed E-state index contributed by atoms with van der Waals surface area (Å²) in [6, 6.07) is 13.3. The molecule has 0 fully saturated rings. The molecule has 0 saturated carbocycles. The van der Waals surface area contributed by atoms with E-state index in [0.29, 0.717) is 16.8 Å². The highest BCUT2D eigenvalue weighted by Gasteiger charge is 2.15. The molecule has 1 heterocycles. The van der Waals surface area contributed by atoms with E-state index >= 15 is 0 Å². The Labute approximate surface area is 154 Å². The Hall–Kier alpha value is -2.20. The van der Waals surface area contributed by atoms with Crippen LogP contribution in [0.5, 0.6) is 0 Å². The lowest BCUT2D eigenvalue weighted by atomic mass is 10.0. The van der Waals surface area contributed by atoms with E-state index in [1.807, 2.05) is 12.1 Å². The average Bonchev–Trinajstić information content (AvgIpc) is 3.05. The number of halogens is 2. The van der Waals surface area contributed by atoms with E-state index in [1.54, 1.807) is 35.6 Å². The molecule has 0 N–H and O–H groups in total.